The Morgan fingerprint density at radius 3 is 2.88 bits per heavy atom. The van der Waals surface area contributed by atoms with E-state index in [0.29, 0.717) is 6.04 Å². The SMILES string of the molecule is CC(NCC1CCNCC1)c1ccco1.Cl. The number of piperidine rings is 1. The van der Waals surface area contributed by atoms with Crippen LogP contribution in [-0.4, -0.2) is 19.6 Å². The van der Waals surface area contributed by atoms with Gasteiger partial charge in [-0.3, -0.25) is 0 Å². The predicted octanol–water partition coefficient (Wildman–Crippen LogP) is 2.35. The Hall–Kier alpha value is -0.510. The first-order valence-corrected chi connectivity index (χ1v) is 5.84. The summed E-state index contributed by atoms with van der Waals surface area (Å²) < 4.78 is 5.36. The smallest absolute Gasteiger partial charge is 0.120 e. The molecule has 0 bridgehead atoms. The van der Waals surface area contributed by atoms with Crippen molar-refractivity contribution in [2.75, 3.05) is 19.6 Å². The lowest BCUT2D eigenvalue weighted by atomic mass is 9.98. The highest BCUT2D eigenvalue weighted by molar-refractivity contribution is 5.85. The third kappa shape index (κ3) is 3.81. The van der Waals surface area contributed by atoms with Gasteiger partial charge in [-0.2, -0.15) is 0 Å². The van der Waals surface area contributed by atoms with Crippen LogP contribution in [0.3, 0.4) is 0 Å². The van der Waals surface area contributed by atoms with E-state index in [2.05, 4.69) is 17.6 Å². The molecule has 2 heterocycles. The number of hydrogen-bond donors (Lipinski definition) is 2. The molecule has 1 saturated heterocycles. The quantitative estimate of drug-likeness (QED) is 0.854. The zero-order chi connectivity index (χ0) is 10.5. The maximum atomic E-state index is 5.36. The number of rotatable bonds is 4. The molecule has 0 aliphatic carbocycles. The largest absolute Gasteiger partial charge is 0.468 e. The minimum absolute atomic E-state index is 0. The fraction of sp³-hybridized carbons (Fsp3) is 0.667. The van der Waals surface area contributed by atoms with Crippen LogP contribution in [0.2, 0.25) is 0 Å². The van der Waals surface area contributed by atoms with Gasteiger partial charge in [0.05, 0.1) is 12.3 Å². The maximum absolute atomic E-state index is 5.36. The molecular weight excluding hydrogens is 224 g/mol. The molecular formula is C12H21ClN2O. The van der Waals surface area contributed by atoms with E-state index in [1.165, 1.54) is 25.9 Å². The van der Waals surface area contributed by atoms with E-state index in [9.17, 15) is 0 Å². The Kier molecular flexibility index (Phi) is 5.88. The van der Waals surface area contributed by atoms with Gasteiger partial charge in [-0.15, -0.1) is 12.4 Å². The lowest BCUT2D eigenvalue weighted by Gasteiger charge is -2.24. The monoisotopic (exact) mass is 244 g/mol. The summed E-state index contributed by atoms with van der Waals surface area (Å²) >= 11 is 0. The Balaban J connectivity index is 0.00000128. The van der Waals surface area contributed by atoms with Crippen LogP contribution in [0.15, 0.2) is 22.8 Å². The van der Waals surface area contributed by atoms with Gasteiger partial charge in [-0.25, -0.2) is 0 Å². The second-order valence-corrected chi connectivity index (χ2v) is 4.34. The molecule has 1 aromatic rings. The van der Waals surface area contributed by atoms with E-state index in [0.717, 1.165) is 18.2 Å². The van der Waals surface area contributed by atoms with Crippen molar-refractivity contribution in [2.24, 2.45) is 5.92 Å². The average Bonchev–Trinajstić information content (AvgIpc) is 2.81. The topological polar surface area (TPSA) is 37.2 Å². The molecule has 1 unspecified atom stereocenters. The summed E-state index contributed by atoms with van der Waals surface area (Å²) in [6.45, 7) is 5.59. The van der Waals surface area contributed by atoms with E-state index in [1.54, 1.807) is 6.26 Å². The molecule has 0 saturated carbocycles. The summed E-state index contributed by atoms with van der Waals surface area (Å²) in [6, 6.07) is 4.30. The van der Waals surface area contributed by atoms with E-state index in [1.807, 2.05) is 12.1 Å². The number of halogens is 1. The summed E-state index contributed by atoms with van der Waals surface area (Å²) in [5.74, 6) is 1.85. The van der Waals surface area contributed by atoms with Crippen LogP contribution in [0.5, 0.6) is 0 Å². The van der Waals surface area contributed by atoms with Crippen LogP contribution in [0, 0.1) is 5.92 Å². The molecule has 4 heteroatoms. The van der Waals surface area contributed by atoms with Crippen molar-refractivity contribution in [3.8, 4) is 0 Å². The van der Waals surface area contributed by atoms with Gasteiger partial charge in [0.2, 0.25) is 0 Å². The summed E-state index contributed by atoms with van der Waals surface area (Å²) in [4.78, 5) is 0. The lowest BCUT2D eigenvalue weighted by molar-refractivity contribution is 0.332. The van der Waals surface area contributed by atoms with Crippen molar-refractivity contribution in [1.82, 2.24) is 10.6 Å². The molecule has 2 N–H and O–H groups in total. The molecule has 1 atom stereocenters. The molecule has 3 nitrogen and oxygen atoms in total. The van der Waals surface area contributed by atoms with E-state index < -0.39 is 0 Å². The van der Waals surface area contributed by atoms with E-state index >= 15 is 0 Å². The van der Waals surface area contributed by atoms with Gasteiger partial charge in [0.15, 0.2) is 0 Å². The van der Waals surface area contributed by atoms with Gasteiger partial charge in [-0.05, 0) is 57.5 Å². The van der Waals surface area contributed by atoms with Crippen molar-refractivity contribution < 1.29 is 4.42 Å². The fourth-order valence-electron chi connectivity index (χ4n) is 2.07. The van der Waals surface area contributed by atoms with Gasteiger partial charge in [0.25, 0.3) is 0 Å². The fourth-order valence-corrected chi connectivity index (χ4v) is 2.07. The molecule has 1 fully saturated rings. The van der Waals surface area contributed by atoms with Gasteiger partial charge >= 0.3 is 0 Å². The molecule has 92 valence electrons. The van der Waals surface area contributed by atoms with Crippen LogP contribution >= 0.6 is 12.4 Å². The van der Waals surface area contributed by atoms with Gasteiger partial charge in [0, 0.05) is 0 Å². The summed E-state index contributed by atoms with van der Waals surface area (Å²) in [7, 11) is 0. The molecule has 0 radical (unpaired) electrons. The summed E-state index contributed by atoms with van der Waals surface area (Å²) in [5, 5.41) is 6.92. The van der Waals surface area contributed by atoms with Gasteiger partial charge in [-0.1, -0.05) is 0 Å². The molecule has 2 rings (SSSR count). The Labute approximate surface area is 103 Å². The van der Waals surface area contributed by atoms with Crippen molar-refractivity contribution in [3.63, 3.8) is 0 Å². The first kappa shape index (κ1) is 13.6. The average molecular weight is 245 g/mol. The molecule has 1 aliphatic heterocycles. The summed E-state index contributed by atoms with van der Waals surface area (Å²) in [6.07, 6.45) is 4.31. The number of furan rings is 1. The predicted molar refractivity (Wildman–Crippen MR) is 68.0 cm³/mol. The van der Waals surface area contributed by atoms with Crippen LogP contribution in [0.4, 0.5) is 0 Å². The zero-order valence-electron chi connectivity index (χ0n) is 9.74. The minimum Gasteiger partial charge on any atom is -0.468 e. The standard InChI is InChI=1S/C12H20N2O.ClH/c1-10(12-3-2-8-15-12)14-9-11-4-6-13-7-5-11;/h2-3,8,10-11,13-14H,4-7,9H2,1H3;1H. The van der Waals surface area contributed by atoms with Gasteiger partial charge < -0.3 is 15.1 Å². The molecule has 1 aromatic heterocycles. The number of nitrogens with one attached hydrogen (secondary N) is 2. The highest BCUT2D eigenvalue weighted by Crippen LogP contribution is 2.15. The first-order chi connectivity index (χ1) is 7.36. The normalized spacial score (nSPS) is 19.1. The Morgan fingerprint density at radius 1 is 1.50 bits per heavy atom. The van der Waals surface area contributed by atoms with E-state index in [4.69, 9.17) is 4.42 Å². The molecule has 0 amide bonds. The van der Waals surface area contributed by atoms with Crippen LogP contribution in [0.25, 0.3) is 0 Å². The van der Waals surface area contributed by atoms with Crippen molar-refractivity contribution in [2.45, 2.75) is 25.8 Å². The van der Waals surface area contributed by atoms with E-state index in [-0.39, 0.29) is 12.4 Å². The molecule has 1 aliphatic rings. The second-order valence-electron chi connectivity index (χ2n) is 4.34. The zero-order valence-corrected chi connectivity index (χ0v) is 10.6. The third-order valence-electron chi connectivity index (χ3n) is 3.14. The summed E-state index contributed by atoms with van der Waals surface area (Å²) in [5.41, 5.74) is 0. The van der Waals surface area contributed by atoms with Crippen molar-refractivity contribution in [1.29, 1.82) is 0 Å². The third-order valence-corrected chi connectivity index (χ3v) is 3.14. The number of hydrogen-bond acceptors (Lipinski definition) is 3. The Bertz CT molecular complexity index is 271. The maximum Gasteiger partial charge on any atom is 0.120 e. The van der Waals surface area contributed by atoms with Crippen molar-refractivity contribution >= 4 is 12.4 Å². The highest BCUT2D eigenvalue weighted by atomic mass is 35.5. The minimum atomic E-state index is 0. The molecule has 0 aromatic carbocycles. The highest BCUT2D eigenvalue weighted by Gasteiger charge is 2.14. The first-order valence-electron chi connectivity index (χ1n) is 5.84. The van der Waals surface area contributed by atoms with Gasteiger partial charge in [0.1, 0.15) is 5.76 Å². The molecule has 16 heavy (non-hydrogen) atoms. The van der Waals surface area contributed by atoms with Crippen LogP contribution in [0.1, 0.15) is 31.6 Å². The second kappa shape index (κ2) is 6.94. The Morgan fingerprint density at radius 2 is 2.25 bits per heavy atom. The van der Waals surface area contributed by atoms with Crippen molar-refractivity contribution in [3.05, 3.63) is 24.2 Å². The van der Waals surface area contributed by atoms with Crippen LogP contribution < -0.4 is 10.6 Å². The lowest BCUT2D eigenvalue weighted by Crippen LogP contribution is -2.34. The molecule has 0 spiro atoms. The van der Waals surface area contributed by atoms with Crippen LogP contribution in [-0.2, 0) is 0 Å².